The van der Waals surface area contributed by atoms with Crippen LogP contribution < -0.4 is 4.74 Å². The molecule has 3 aliphatic rings. The van der Waals surface area contributed by atoms with Gasteiger partial charge in [-0.25, -0.2) is 0 Å². The molecule has 0 N–H and O–H groups in total. The predicted molar refractivity (Wildman–Crippen MR) is 117 cm³/mol. The van der Waals surface area contributed by atoms with E-state index >= 15 is 0 Å². The highest BCUT2D eigenvalue weighted by atomic mass is 16.5. The molecule has 2 heterocycles. The van der Waals surface area contributed by atoms with Crippen LogP contribution in [0.15, 0.2) is 36.9 Å². The topological polar surface area (TPSA) is 32.8 Å². The van der Waals surface area contributed by atoms with Gasteiger partial charge < -0.3 is 9.64 Å². The number of carbonyl (C=O) groups excluding carboxylic acids is 1. The molecule has 1 aromatic rings. The standard InChI is InChI=1S/C25H36N2O2/c1-2-16-29-24-11-7-6-10-22(24)19-26-15-14-23-21(18-26)12-13-25(28)27(23)17-20-8-4-3-5-9-20/h2,6-7,10-11,20-21,23H,1,3-5,8-9,12-19H2/t21-,23+/m1/s1. The van der Waals surface area contributed by atoms with Crippen molar-refractivity contribution >= 4 is 5.91 Å². The summed E-state index contributed by atoms with van der Waals surface area (Å²) in [6.45, 7) is 8.38. The van der Waals surface area contributed by atoms with Gasteiger partial charge in [-0.1, -0.05) is 50.1 Å². The van der Waals surface area contributed by atoms with Crippen LogP contribution in [-0.4, -0.2) is 48.0 Å². The molecular formula is C25H36N2O2. The van der Waals surface area contributed by atoms with Crippen molar-refractivity contribution in [2.24, 2.45) is 11.8 Å². The Morgan fingerprint density at radius 1 is 1.10 bits per heavy atom. The highest BCUT2D eigenvalue weighted by Crippen LogP contribution is 2.35. The van der Waals surface area contributed by atoms with Crippen LogP contribution in [0.2, 0.25) is 0 Å². The first-order valence-electron chi connectivity index (χ1n) is 11.6. The van der Waals surface area contributed by atoms with Crippen LogP contribution in [0, 0.1) is 11.8 Å². The maximum Gasteiger partial charge on any atom is 0.222 e. The average Bonchev–Trinajstić information content (AvgIpc) is 2.76. The normalized spacial score (nSPS) is 26.2. The lowest BCUT2D eigenvalue weighted by atomic mass is 9.81. The van der Waals surface area contributed by atoms with E-state index in [0.29, 0.717) is 24.5 Å². The minimum Gasteiger partial charge on any atom is -0.489 e. The Hall–Kier alpha value is -1.81. The number of likely N-dealkylation sites (tertiary alicyclic amines) is 2. The molecule has 158 valence electrons. The van der Waals surface area contributed by atoms with Gasteiger partial charge in [-0.2, -0.15) is 0 Å². The van der Waals surface area contributed by atoms with Gasteiger partial charge in [0.2, 0.25) is 5.91 Å². The summed E-state index contributed by atoms with van der Waals surface area (Å²) in [5.74, 6) is 2.73. The van der Waals surface area contributed by atoms with Crippen LogP contribution in [0.3, 0.4) is 0 Å². The lowest BCUT2D eigenvalue weighted by molar-refractivity contribution is -0.142. The maximum atomic E-state index is 12.7. The molecule has 0 bridgehead atoms. The van der Waals surface area contributed by atoms with Crippen molar-refractivity contribution in [3.8, 4) is 5.75 Å². The summed E-state index contributed by atoms with van der Waals surface area (Å²) in [5, 5.41) is 0. The molecule has 0 spiro atoms. The summed E-state index contributed by atoms with van der Waals surface area (Å²) < 4.78 is 5.85. The molecule has 3 fully saturated rings. The van der Waals surface area contributed by atoms with E-state index < -0.39 is 0 Å². The molecule has 4 rings (SSSR count). The van der Waals surface area contributed by atoms with E-state index in [-0.39, 0.29) is 0 Å². The van der Waals surface area contributed by atoms with Gasteiger partial charge in [-0.05, 0) is 43.6 Å². The Kier molecular flexibility index (Phi) is 6.91. The lowest BCUT2D eigenvalue weighted by Crippen LogP contribution is -2.56. The number of hydrogen-bond acceptors (Lipinski definition) is 3. The molecule has 1 saturated carbocycles. The average molecular weight is 397 g/mol. The first-order valence-corrected chi connectivity index (χ1v) is 11.6. The fraction of sp³-hybridized carbons (Fsp3) is 0.640. The summed E-state index contributed by atoms with van der Waals surface area (Å²) in [6.07, 6.45) is 11.4. The van der Waals surface area contributed by atoms with Crippen LogP contribution in [-0.2, 0) is 11.3 Å². The number of para-hydroxylation sites is 1. The van der Waals surface area contributed by atoms with E-state index in [1.54, 1.807) is 6.08 Å². The third-order valence-electron chi connectivity index (χ3n) is 7.13. The Morgan fingerprint density at radius 3 is 2.76 bits per heavy atom. The van der Waals surface area contributed by atoms with Gasteiger partial charge >= 0.3 is 0 Å². The van der Waals surface area contributed by atoms with Crippen molar-refractivity contribution in [1.82, 2.24) is 9.80 Å². The number of fused-ring (bicyclic) bond motifs is 1. The van der Waals surface area contributed by atoms with E-state index in [2.05, 4.69) is 34.6 Å². The van der Waals surface area contributed by atoms with Gasteiger partial charge in [0.1, 0.15) is 12.4 Å². The van der Waals surface area contributed by atoms with Crippen molar-refractivity contribution in [3.63, 3.8) is 0 Å². The fourth-order valence-electron chi connectivity index (χ4n) is 5.62. The smallest absolute Gasteiger partial charge is 0.222 e. The van der Waals surface area contributed by atoms with Crippen LogP contribution >= 0.6 is 0 Å². The summed E-state index contributed by atoms with van der Waals surface area (Å²) in [6, 6.07) is 8.81. The Labute approximate surface area is 175 Å². The number of rotatable bonds is 7. The second-order valence-electron chi connectivity index (χ2n) is 9.15. The Balaban J connectivity index is 1.37. The minimum absolute atomic E-state index is 0.411. The Bertz CT molecular complexity index is 698. The third kappa shape index (κ3) is 5.03. The highest BCUT2D eigenvalue weighted by molar-refractivity contribution is 5.77. The molecule has 2 atom stereocenters. The second-order valence-corrected chi connectivity index (χ2v) is 9.15. The van der Waals surface area contributed by atoms with E-state index in [9.17, 15) is 4.79 Å². The van der Waals surface area contributed by atoms with Crippen molar-refractivity contribution in [3.05, 3.63) is 42.5 Å². The first-order chi connectivity index (χ1) is 14.2. The summed E-state index contributed by atoms with van der Waals surface area (Å²) in [5.41, 5.74) is 1.25. The number of carbonyl (C=O) groups is 1. The zero-order chi connectivity index (χ0) is 20.1. The number of amides is 1. The largest absolute Gasteiger partial charge is 0.489 e. The van der Waals surface area contributed by atoms with E-state index in [1.807, 2.05) is 6.07 Å². The molecule has 1 aliphatic carbocycles. The second kappa shape index (κ2) is 9.80. The number of nitrogens with zero attached hydrogens (tertiary/aromatic N) is 2. The molecule has 4 heteroatoms. The monoisotopic (exact) mass is 396 g/mol. The van der Waals surface area contributed by atoms with E-state index in [0.717, 1.165) is 57.1 Å². The van der Waals surface area contributed by atoms with Crippen LogP contribution in [0.25, 0.3) is 0 Å². The molecular weight excluding hydrogens is 360 g/mol. The highest BCUT2D eigenvalue weighted by Gasteiger charge is 2.40. The van der Waals surface area contributed by atoms with Gasteiger partial charge in [0.25, 0.3) is 0 Å². The van der Waals surface area contributed by atoms with E-state index in [4.69, 9.17) is 4.74 Å². The minimum atomic E-state index is 0.411. The Morgan fingerprint density at radius 2 is 1.93 bits per heavy atom. The maximum absolute atomic E-state index is 12.7. The zero-order valence-corrected chi connectivity index (χ0v) is 17.7. The van der Waals surface area contributed by atoms with E-state index in [1.165, 1.54) is 37.7 Å². The molecule has 1 aromatic carbocycles. The fourth-order valence-corrected chi connectivity index (χ4v) is 5.62. The van der Waals surface area contributed by atoms with Gasteiger partial charge in [0.15, 0.2) is 0 Å². The molecule has 4 nitrogen and oxygen atoms in total. The van der Waals surface area contributed by atoms with Crippen LogP contribution in [0.1, 0.15) is 56.9 Å². The number of piperidine rings is 2. The van der Waals surface area contributed by atoms with Gasteiger partial charge in [0, 0.05) is 44.2 Å². The molecule has 0 radical (unpaired) electrons. The summed E-state index contributed by atoms with van der Waals surface area (Å²) >= 11 is 0. The van der Waals surface area contributed by atoms with Crippen LogP contribution in [0.4, 0.5) is 0 Å². The molecule has 2 aliphatic heterocycles. The summed E-state index contributed by atoms with van der Waals surface area (Å²) in [7, 11) is 0. The number of hydrogen-bond donors (Lipinski definition) is 0. The zero-order valence-electron chi connectivity index (χ0n) is 17.7. The third-order valence-corrected chi connectivity index (χ3v) is 7.13. The predicted octanol–water partition coefficient (Wildman–Crippen LogP) is 4.64. The number of benzene rings is 1. The molecule has 1 amide bonds. The van der Waals surface area contributed by atoms with Crippen molar-refractivity contribution in [2.45, 2.75) is 64.0 Å². The molecule has 0 unspecified atom stereocenters. The first kappa shape index (κ1) is 20.5. The lowest BCUT2D eigenvalue weighted by Gasteiger charge is -2.48. The van der Waals surface area contributed by atoms with Gasteiger partial charge in [-0.3, -0.25) is 9.69 Å². The molecule has 29 heavy (non-hydrogen) atoms. The van der Waals surface area contributed by atoms with Crippen molar-refractivity contribution < 1.29 is 9.53 Å². The van der Waals surface area contributed by atoms with Crippen molar-refractivity contribution in [1.29, 1.82) is 0 Å². The van der Waals surface area contributed by atoms with Gasteiger partial charge in [0.05, 0.1) is 0 Å². The molecule has 0 aromatic heterocycles. The van der Waals surface area contributed by atoms with Gasteiger partial charge in [-0.15, -0.1) is 0 Å². The quantitative estimate of drug-likeness (QED) is 0.629. The van der Waals surface area contributed by atoms with Crippen molar-refractivity contribution in [2.75, 3.05) is 26.2 Å². The van der Waals surface area contributed by atoms with Crippen LogP contribution in [0.5, 0.6) is 5.75 Å². The number of ether oxygens (including phenoxy) is 1. The summed E-state index contributed by atoms with van der Waals surface area (Å²) in [4.78, 5) is 17.6. The molecule has 2 saturated heterocycles. The SMILES string of the molecule is C=CCOc1ccccc1CN1CC[C@H]2[C@H](CCC(=O)N2CC2CCCCC2)C1.